The number of rotatable bonds is 6. The van der Waals surface area contributed by atoms with Gasteiger partial charge in [0.1, 0.15) is 0 Å². The second-order valence-corrected chi connectivity index (χ2v) is 4.60. The number of nitrogens with zero attached hydrogens (tertiary/aromatic N) is 1. The molecule has 0 aromatic carbocycles. The van der Waals surface area contributed by atoms with Crippen molar-refractivity contribution in [2.24, 2.45) is 0 Å². The minimum atomic E-state index is 0.167. The highest BCUT2D eigenvalue weighted by molar-refractivity contribution is 7.07. The van der Waals surface area contributed by atoms with E-state index in [1.54, 1.807) is 0 Å². The van der Waals surface area contributed by atoms with Crippen LogP contribution in [-0.2, 0) is 6.54 Å². The van der Waals surface area contributed by atoms with Crippen LogP contribution in [-0.4, -0.2) is 10.4 Å². The maximum Gasteiger partial charge on any atom is 0.307 e. The molecule has 0 amide bonds. The first-order valence-electron chi connectivity index (χ1n) is 4.96. The van der Waals surface area contributed by atoms with Crippen LogP contribution >= 0.6 is 22.9 Å². The highest BCUT2D eigenvalue weighted by Crippen LogP contribution is 2.05. The van der Waals surface area contributed by atoms with Crippen molar-refractivity contribution in [3.63, 3.8) is 0 Å². The van der Waals surface area contributed by atoms with Crippen molar-refractivity contribution in [3.8, 4) is 0 Å². The van der Waals surface area contributed by atoms with Crippen molar-refractivity contribution < 1.29 is 0 Å². The van der Waals surface area contributed by atoms with Gasteiger partial charge < -0.3 is 4.57 Å². The Balaban J connectivity index is 2.28. The van der Waals surface area contributed by atoms with Gasteiger partial charge in [0.05, 0.1) is 0 Å². The molecule has 1 aromatic rings. The molecule has 0 atom stereocenters. The molecule has 0 saturated carbocycles. The number of aromatic nitrogens is 1. The number of alkyl halides is 1. The average molecular weight is 234 g/mol. The molecular formula is C10H16ClNOS. The molecule has 0 bridgehead atoms. The first-order valence-corrected chi connectivity index (χ1v) is 6.38. The fraction of sp³-hybridized carbons (Fsp3) is 0.700. The first-order chi connectivity index (χ1) is 6.75. The summed E-state index contributed by atoms with van der Waals surface area (Å²) in [6.07, 6.45) is 4.49. The van der Waals surface area contributed by atoms with E-state index in [1.165, 1.54) is 17.8 Å². The summed E-state index contributed by atoms with van der Waals surface area (Å²) >= 11 is 6.86. The molecule has 1 aromatic heterocycles. The maximum absolute atomic E-state index is 11.3. The van der Waals surface area contributed by atoms with Gasteiger partial charge in [-0.15, -0.1) is 11.6 Å². The van der Waals surface area contributed by atoms with E-state index in [0.29, 0.717) is 0 Å². The highest BCUT2D eigenvalue weighted by atomic mass is 35.5. The molecule has 0 aliphatic carbocycles. The highest BCUT2D eigenvalue weighted by Gasteiger charge is 2.00. The molecule has 4 heteroatoms. The van der Waals surface area contributed by atoms with E-state index in [-0.39, 0.29) is 4.87 Å². The minimum Gasteiger partial charge on any atom is -0.303 e. The number of hydrogen-bond donors (Lipinski definition) is 0. The van der Waals surface area contributed by atoms with Gasteiger partial charge in [0.2, 0.25) is 0 Å². The third kappa shape index (κ3) is 3.46. The Morgan fingerprint density at radius 1 is 1.36 bits per heavy atom. The van der Waals surface area contributed by atoms with Gasteiger partial charge >= 0.3 is 4.87 Å². The van der Waals surface area contributed by atoms with E-state index in [9.17, 15) is 4.79 Å². The molecule has 0 unspecified atom stereocenters. The molecule has 2 nitrogen and oxygen atoms in total. The second kappa shape index (κ2) is 6.25. The van der Waals surface area contributed by atoms with Gasteiger partial charge in [0.25, 0.3) is 0 Å². The number of aryl methyl sites for hydroxylation is 1. The van der Waals surface area contributed by atoms with Crippen LogP contribution in [0.15, 0.2) is 10.2 Å². The smallest absolute Gasteiger partial charge is 0.303 e. The number of unbranched alkanes of at least 4 members (excludes halogenated alkanes) is 3. The second-order valence-electron chi connectivity index (χ2n) is 3.40. The van der Waals surface area contributed by atoms with Crippen molar-refractivity contribution in [1.29, 1.82) is 0 Å². The van der Waals surface area contributed by atoms with E-state index in [1.807, 2.05) is 16.9 Å². The summed E-state index contributed by atoms with van der Waals surface area (Å²) in [5.74, 6) is 0.747. The molecule has 0 radical (unpaired) electrons. The number of halogens is 1. The normalized spacial score (nSPS) is 10.7. The Morgan fingerprint density at radius 3 is 2.64 bits per heavy atom. The predicted molar refractivity (Wildman–Crippen MR) is 62.5 cm³/mol. The zero-order chi connectivity index (χ0) is 10.4. The van der Waals surface area contributed by atoms with E-state index < -0.39 is 0 Å². The fourth-order valence-corrected chi connectivity index (χ4v) is 2.34. The third-order valence-corrected chi connectivity index (χ3v) is 3.39. The summed E-state index contributed by atoms with van der Waals surface area (Å²) in [4.78, 5) is 11.5. The van der Waals surface area contributed by atoms with Crippen LogP contribution in [0.4, 0.5) is 0 Å². The Hall–Kier alpha value is -0.280. The molecule has 80 valence electrons. The number of hydrogen-bond acceptors (Lipinski definition) is 2. The van der Waals surface area contributed by atoms with E-state index in [0.717, 1.165) is 37.4 Å². The van der Waals surface area contributed by atoms with Crippen molar-refractivity contribution in [1.82, 2.24) is 4.57 Å². The number of thiazole rings is 1. The van der Waals surface area contributed by atoms with Crippen molar-refractivity contribution in [3.05, 3.63) is 20.7 Å². The van der Waals surface area contributed by atoms with Gasteiger partial charge in [0.15, 0.2) is 0 Å². The largest absolute Gasteiger partial charge is 0.307 e. The molecule has 0 N–H and O–H groups in total. The Bertz CT molecular complexity index is 318. The topological polar surface area (TPSA) is 22.0 Å². The van der Waals surface area contributed by atoms with Crippen LogP contribution in [0.2, 0.25) is 0 Å². The molecule has 1 heterocycles. The van der Waals surface area contributed by atoms with Gasteiger partial charge in [-0.25, -0.2) is 0 Å². The SMILES string of the molecule is Cc1csc(=O)n1CCCCCCCl. The zero-order valence-electron chi connectivity index (χ0n) is 8.46. The maximum atomic E-state index is 11.3. The Labute approximate surface area is 93.5 Å². The van der Waals surface area contributed by atoms with Crippen LogP contribution in [0.3, 0.4) is 0 Å². The Morgan fingerprint density at radius 2 is 2.07 bits per heavy atom. The molecule has 0 fully saturated rings. The molecule has 0 spiro atoms. The summed E-state index contributed by atoms with van der Waals surface area (Å²) in [5, 5.41) is 1.92. The van der Waals surface area contributed by atoms with E-state index in [2.05, 4.69) is 0 Å². The lowest BCUT2D eigenvalue weighted by molar-refractivity contribution is 0.570. The van der Waals surface area contributed by atoms with Crippen molar-refractivity contribution in [2.75, 3.05) is 5.88 Å². The molecule has 0 saturated heterocycles. The monoisotopic (exact) mass is 233 g/mol. The van der Waals surface area contributed by atoms with E-state index >= 15 is 0 Å². The molecular weight excluding hydrogens is 218 g/mol. The van der Waals surface area contributed by atoms with Crippen LogP contribution in [0, 0.1) is 6.92 Å². The van der Waals surface area contributed by atoms with Gasteiger partial charge in [0, 0.05) is 23.5 Å². The van der Waals surface area contributed by atoms with Crippen LogP contribution in [0.1, 0.15) is 31.4 Å². The lowest BCUT2D eigenvalue weighted by atomic mass is 10.2. The summed E-state index contributed by atoms with van der Waals surface area (Å²) in [7, 11) is 0. The lowest BCUT2D eigenvalue weighted by Crippen LogP contribution is -2.14. The third-order valence-electron chi connectivity index (χ3n) is 2.24. The molecule has 0 aliphatic heterocycles. The summed E-state index contributed by atoms with van der Waals surface area (Å²) in [6, 6.07) is 0. The van der Waals surface area contributed by atoms with Gasteiger partial charge in [-0.1, -0.05) is 24.2 Å². The molecule has 0 aliphatic rings. The van der Waals surface area contributed by atoms with Crippen LogP contribution in [0.5, 0.6) is 0 Å². The summed E-state index contributed by atoms with van der Waals surface area (Å²) < 4.78 is 1.85. The van der Waals surface area contributed by atoms with Crippen molar-refractivity contribution >= 4 is 22.9 Å². The van der Waals surface area contributed by atoms with Gasteiger partial charge in [-0.05, 0) is 19.8 Å². The summed E-state index contributed by atoms with van der Waals surface area (Å²) in [5.41, 5.74) is 1.08. The standard InChI is InChI=1S/C10H16ClNOS/c1-9-8-14-10(13)12(9)7-5-3-2-4-6-11/h8H,2-7H2,1H3. The average Bonchev–Trinajstić information content (AvgIpc) is 2.48. The van der Waals surface area contributed by atoms with Crippen LogP contribution < -0.4 is 4.87 Å². The van der Waals surface area contributed by atoms with Crippen molar-refractivity contribution in [2.45, 2.75) is 39.2 Å². The molecule has 1 rings (SSSR count). The van der Waals surface area contributed by atoms with Crippen LogP contribution in [0.25, 0.3) is 0 Å². The minimum absolute atomic E-state index is 0.167. The summed E-state index contributed by atoms with van der Waals surface area (Å²) in [6.45, 7) is 2.84. The first kappa shape index (κ1) is 11.8. The molecule has 14 heavy (non-hydrogen) atoms. The zero-order valence-corrected chi connectivity index (χ0v) is 10.0. The fourth-order valence-electron chi connectivity index (χ4n) is 1.39. The predicted octanol–water partition coefficient (Wildman–Crippen LogP) is 3.02. The van der Waals surface area contributed by atoms with Gasteiger partial charge in [-0.3, -0.25) is 4.79 Å². The van der Waals surface area contributed by atoms with E-state index in [4.69, 9.17) is 11.6 Å². The van der Waals surface area contributed by atoms with Gasteiger partial charge in [-0.2, -0.15) is 0 Å². The Kier molecular flexibility index (Phi) is 5.26. The lowest BCUT2D eigenvalue weighted by Gasteiger charge is -2.03. The quantitative estimate of drug-likeness (QED) is 0.547.